The lowest BCUT2D eigenvalue weighted by molar-refractivity contribution is 0.608. The number of anilines is 1. The van der Waals surface area contributed by atoms with Crippen molar-refractivity contribution < 1.29 is 4.39 Å². The summed E-state index contributed by atoms with van der Waals surface area (Å²) in [5.74, 6) is -0.244. The van der Waals surface area contributed by atoms with Crippen molar-refractivity contribution in [3.63, 3.8) is 0 Å². The fourth-order valence-electron chi connectivity index (χ4n) is 1.93. The molecule has 2 aromatic rings. The molecule has 0 saturated heterocycles. The van der Waals surface area contributed by atoms with Crippen molar-refractivity contribution in [2.24, 2.45) is 5.73 Å². The molecular formula is C15H16ClFN2. The zero-order valence-corrected chi connectivity index (χ0v) is 11.5. The Morgan fingerprint density at radius 2 is 2.00 bits per heavy atom. The molecule has 0 spiro atoms. The highest BCUT2D eigenvalue weighted by Crippen LogP contribution is 2.20. The molecule has 0 unspecified atom stereocenters. The average molecular weight is 279 g/mol. The molecule has 0 aliphatic heterocycles. The van der Waals surface area contributed by atoms with Gasteiger partial charge in [-0.3, -0.25) is 0 Å². The summed E-state index contributed by atoms with van der Waals surface area (Å²) in [5.41, 5.74) is 8.25. The zero-order chi connectivity index (χ0) is 13.8. The van der Waals surface area contributed by atoms with Gasteiger partial charge in [0.15, 0.2) is 0 Å². The van der Waals surface area contributed by atoms with E-state index in [0.29, 0.717) is 23.7 Å². The molecule has 100 valence electrons. The van der Waals surface area contributed by atoms with Gasteiger partial charge < -0.3 is 10.6 Å². The minimum Gasteiger partial charge on any atom is -0.370 e. The van der Waals surface area contributed by atoms with Gasteiger partial charge in [-0.25, -0.2) is 4.39 Å². The summed E-state index contributed by atoms with van der Waals surface area (Å²) in [6.45, 7) is 0.952. The molecule has 2 rings (SSSR count). The number of halogens is 2. The molecule has 0 atom stereocenters. The molecule has 0 saturated carbocycles. The fraction of sp³-hybridized carbons (Fsp3) is 0.200. The largest absolute Gasteiger partial charge is 0.370 e. The highest BCUT2D eigenvalue weighted by molar-refractivity contribution is 6.30. The molecule has 19 heavy (non-hydrogen) atoms. The molecule has 0 heterocycles. The second-order valence-corrected chi connectivity index (χ2v) is 4.90. The third-order valence-corrected chi connectivity index (χ3v) is 3.24. The fourth-order valence-corrected chi connectivity index (χ4v) is 2.13. The number of benzene rings is 2. The lowest BCUT2D eigenvalue weighted by Gasteiger charge is -2.20. The van der Waals surface area contributed by atoms with Crippen molar-refractivity contribution in [3.05, 3.63) is 64.4 Å². The van der Waals surface area contributed by atoms with E-state index in [1.54, 1.807) is 12.1 Å². The third kappa shape index (κ3) is 3.46. The molecule has 2 aromatic carbocycles. The van der Waals surface area contributed by atoms with Crippen LogP contribution in [0.25, 0.3) is 0 Å². The van der Waals surface area contributed by atoms with Gasteiger partial charge in [-0.15, -0.1) is 0 Å². The van der Waals surface area contributed by atoms with Crippen LogP contribution in [-0.4, -0.2) is 7.05 Å². The molecule has 4 heteroatoms. The molecular weight excluding hydrogens is 263 g/mol. The van der Waals surface area contributed by atoms with Gasteiger partial charge in [-0.2, -0.15) is 0 Å². The van der Waals surface area contributed by atoms with Gasteiger partial charge in [0, 0.05) is 36.4 Å². The van der Waals surface area contributed by atoms with Crippen molar-refractivity contribution in [3.8, 4) is 0 Å². The van der Waals surface area contributed by atoms with Crippen LogP contribution in [0.5, 0.6) is 0 Å². The van der Waals surface area contributed by atoms with E-state index in [0.717, 1.165) is 11.3 Å². The normalized spacial score (nSPS) is 10.5. The summed E-state index contributed by atoms with van der Waals surface area (Å²) in [5, 5.41) is 0.542. The summed E-state index contributed by atoms with van der Waals surface area (Å²) in [4.78, 5) is 1.97. The second kappa shape index (κ2) is 6.04. The second-order valence-electron chi connectivity index (χ2n) is 4.47. The maximum Gasteiger partial charge on any atom is 0.128 e. The summed E-state index contributed by atoms with van der Waals surface area (Å²) >= 11 is 5.89. The molecule has 0 aromatic heterocycles. The van der Waals surface area contributed by atoms with Crippen LogP contribution in [0.3, 0.4) is 0 Å². The number of rotatable bonds is 4. The summed E-state index contributed by atoms with van der Waals surface area (Å²) < 4.78 is 13.7. The van der Waals surface area contributed by atoms with Crippen molar-refractivity contribution in [1.29, 1.82) is 0 Å². The summed E-state index contributed by atoms with van der Waals surface area (Å²) in [6.07, 6.45) is 0. The van der Waals surface area contributed by atoms with E-state index < -0.39 is 0 Å². The Labute approximate surface area is 117 Å². The minimum absolute atomic E-state index is 0.244. The Morgan fingerprint density at radius 3 is 2.74 bits per heavy atom. The van der Waals surface area contributed by atoms with E-state index in [1.807, 2.05) is 36.2 Å². The Hall–Kier alpha value is -1.58. The lowest BCUT2D eigenvalue weighted by Crippen LogP contribution is -2.17. The van der Waals surface area contributed by atoms with E-state index in [4.69, 9.17) is 17.3 Å². The van der Waals surface area contributed by atoms with Crippen LogP contribution in [0.1, 0.15) is 11.1 Å². The highest BCUT2D eigenvalue weighted by atomic mass is 35.5. The Morgan fingerprint density at radius 1 is 1.21 bits per heavy atom. The average Bonchev–Trinajstić information content (AvgIpc) is 2.43. The molecule has 0 radical (unpaired) electrons. The van der Waals surface area contributed by atoms with E-state index in [9.17, 15) is 4.39 Å². The van der Waals surface area contributed by atoms with E-state index in [-0.39, 0.29) is 5.82 Å². The molecule has 2 nitrogen and oxygen atoms in total. The Bertz CT molecular complexity index is 572. The first kappa shape index (κ1) is 13.8. The molecule has 2 N–H and O–H groups in total. The summed E-state index contributed by atoms with van der Waals surface area (Å²) in [6, 6.07) is 12.5. The molecule has 0 aliphatic rings. The first-order valence-corrected chi connectivity index (χ1v) is 6.42. The standard InChI is InChI=1S/C15H16ClFN2/c1-19(14-4-2-3-11(7-14)9-18)10-12-8-13(16)5-6-15(12)17/h2-8H,9-10,18H2,1H3. The van der Waals surface area contributed by atoms with Gasteiger partial charge in [-0.1, -0.05) is 23.7 Å². The van der Waals surface area contributed by atoms with Crippen molar-refractivity contribution in [1.82, 2.24) is 0 Å². The smallest absolute Gasteiger partial charge is 0.128 e. The monoisotopic (exact) mass is 278 g/mol. The minimum atomic E-state index is -0.244. The van der Waals surface area contributed by atoms with Crippen LogP contribution in [0, 0.1) is 5.82 Å². The van der Waals surface area contributed by atoms with Crippen molar-refractivity contribution in [2.45, 2.75) is 13.1 Å². The number of nitrogens with two attached hydrogens (primary N) is 1. The van der Waals surface area contributed by atoms with Gasteiger partial charge >= 0.3 is 0 Å². The van der Waals surface area contributed by atoms with Crippen LogP contribution < -0.4 is 10.6 Å². The van der Waals surface area contributed by atoms with Crippen LogP contribution in [-0.2, 0) is 13.1 Å². The quantitative estimate of drug-likeness (QED) is 0.926. The Kier molecular flexibility index (Phi) is 4.40. The Balaban J connectivity index is 2.20. The van der Waals surface area contributed by atoms with Crippen LogP contribution in [0.4, 0.5) is 10.1 Å². The van der Waals surface area contributed by atoms with Gasteiger partial charge in [0.05, 0.1) is 0 Å². The topological polar surface area (TPSA) is 29.3 Å². The van der Waals surface area contributed by atoms with Crippen molar-refractivity contribution >= 4 is 17.3 Å². The number of hydrogen-bond acceptors (Lipinski definition) is 2. The molecule has 0 amide bonds. The van der Waals surface area contributed by atoms with E-state index in [2.05, 4.69) is 0 Å². The van der Waals surface area contributed by atoms with Crippen LogP contribution in [0.15, 0.2) is 42.5 Å². The first-order valence-electron chi connectivity index (χ1n) is 6.04. The van der Waals surface area contributed by atoms with Gasteiger partial charge in [-0.05, 0) is 35.9 Å². The predicted octanol–water partition coefficient (Wildman–Crippen LogP) is 3.57. The number of nitrogens with zero attached hydrogens (tertiary/aromatic N) is 1. The molecule has 0 fully saturated rings. The predicted molar refractivity (Wildman–Crippen MR) is 77.9 cm³/mol. The maximum absolute atomic E-state index is 13.7. The van der Waals surface area contributed by atoms with Crippen molar-refractivity contribution in [2.75, 3.05) is 11.9 Å². The lowest BCUT2D eigenvalue weighted by atomic mass is 10.1. The van der Waals surface area contributed by atoms with Crippen LogP contribution >= 0.6 is 11.6 Å². The molecule has 0 bridgehead atoms. The number of hydrogen-bond donors (Lipinski definition) is 1. The van der Waals surface area contributed by atoms with E-state index >= 15 is 0 Å². The maximum atomic E-state index is 13.7. The van der Waals surface area contributed by atoms with E-state index in [1.165, 1.54) is 6.07 Å². The molecule has 0 aliphatic carbocycles. The van der Waals surface area contributed by atoms with Crippen LogP contribution in [0.2, 0.25) is 5.02 Å². The third-order valence-electron chi connectivity index (χ3n) is 3.00. The van der Waals surface area contributed by atoms with Gasteiger partial charge in [0.1, 0.15) is 5.82 Å². The zero-order valence-electron chi connectivity index (χ0n) is 10.7. The van der Waals surface area contributed by atoms with Gasteiger partial charge in [0.25, 0.3) is 0 Å². The highest BCUT2D eigenvalue weighted by Gasteiger charge is 2.07. The first-order chi connectivity index (χ1) is 9.10. The summed E-state index contributed by atoms with van der Waals surface area (Å²) in [7, 11) is 1.91. The van der Waals surface area contributed by atoms with Gasteiger partial charge in [0.2, 0.25) is 0 Å². The SMILES string of the molecule is CN(Cc1cc(Cl)ccc1F)c1cccc(CN)c1.